The number of quaternary nitrogens is 2. The summed E-state index contributed by atoms with van der Waals surface area (Å²) in [6, 6.07) is 15.7. The molecule has 0 unspecified atom stereocenters. The van der Waals surface area contributed by atoms with Gasteiger partial charge in [-0.05, 0) is 18.2 Å². The minimum Gasteiger partial charge on any atom is -0.489 e. The Kier molecular flexibility index (Phi) is 7.17. The second-order valence-electron chi connectivity index (χ2n) is 6.91. The van der Waals surface area contributed by atoms with Crippen LogP contribution in [0.5, 0.6) is 5.75 Å². The van der Waals surface area contributed by atoms with Crippen molar-refractivity contribution in [2.24, 2.45) is 0 Å². The molecule has 3 rings (SSSR count). The van der Waals surface area contributed by atoms with Crippen LogP contribution in [-0.2, 0) is 6.54 Å². The van der Waals surface area contributed by atoms with Crippen molar-refractivity contribution in [3.8, 4) is 5.75 Å². The summed E-state index contributed by atoms with van der Waals surface area (Å²) in [5, 5.41) is 11.3. The van der Waals surface area contributed by atoms with E-state index in [-0.39, 0.29) is 6.61 Å². The summed E-state index contributed by atoms with van der Waals surface area (Å²) in [6.45, 7) is 6.41. The highest BCUT2D eigenvalue weighted by Crippen LogP contribution is 2.27. The van der Waals surface area contributed by atoms with Crippen LogP contribution in [0.4, 0.5) is 0 Å². The van der Waals surface area contributed by atoms with Crippen molar-refractivity contribution < 1.29 is 19.6 Å². The number of halogens is 2. The van der Waals surface area contributed by atoms with Gasteiger partial charge in [-0.25, -0.2) is 0 Å². The highest BCUT2D eigenvalue weighted by molar-refractivity contribution is 6.35. The number of hydrogen-bond donors (Lipinski definition) is 3. The number of aliphatic hydroxyl groups is 1. The Morgan fingerprint density at radius 2 is 1.65 bits per heavy atom. The van der Waals surface area contributed by atoms with E-state index in [2.05, 4.69) is 30.3 Å². The maximum absolute atomic E-state index is 10.3. The number of benzene rings is 2. The molecule has 1 aliphatic heterocycles. The van der Waals surface area contributed by atoms with Gasteiger partial charge in [0, 0.05) is 10.6 Å². The SMILES string of the molecule is O[C@H](COc1ccc(Cl)cc1Cl)C[NH+]1CC[NH+](Cc2ccccc2)CC1. The Bertz CT molecular complexity index is 691. The fourth-order valence-corrected chi connectivity index (χ4v) is 3.86. The first-order chi connectivity index (χ1) is 12.6. The van der Waals surface area contributed by atoms with Crippen LogP contribution in [0.2, 0.25) is 10.0 Å². The second kappa shape index (κ2) is 9.58. The van der Waals surface area contributed by atoms with Gasteiger partial charge in [-0.1, -0.05) is 53.5 Å². The zero-order valence-electron chi connectivity index (χ0n) is 14.8. The summed E-state index contributed by atoms with van der Waals surface area (Å²) in [7, 11) is 0. The summed E-state index contributed by atoms with van der Waals surface area (Å²) in [5.74, 6) is 0.558. The molecule has 1 fully saturated rings. The molecule has 0 aliphatic carbocycles. The molecule has 0 amide bonds. The fraction of sp³-hybridized carbons (Fsp3) is 0.400. The van der Waals surface area contributed by atoms with E-state index in [1.807, 2.05) is 0 Å². The third-order valence-corrected chi connectivity index (χ3v) is 5.34. The summed E-state index contributed by atoms with van der Waals surface area (Å²) >= 11 is 12.0. The summed E-state index contributed by atoms with van der Waals surface area (Å²) in [4.78, 5) is 3.04. The van der Waals surface area contributed by atoms with Crippen molar-refractivity contribution in [1.82, 2.24) is 0 Å². The van der Waals surface area contributed by atoms with Crippen molar-refractivity contribution >= 4 is 23.2 Å². The zero-order chi connectivity index (χ0) is 18.4. The van der Waals surface area contributed by atoms with E-state index in [1.54, 1.807) is 23.1 Å². The average Bonchev–Trinajstić information content (AvgIpc) is 2.63. The molecule has 26 heavy (non-hydrogen) atoms. The van der Waals surface area contributed by atoms with Crippen molar-refractivity contribution in [2.45, 2.75) is 12.6 Å². The number of ether oxygens (including phenoxy) is 1. The van der Waals surface area contributed by atoms with Gasteiger partial charge in [0.15, 0.2) is 0 Å². The standard InChI is InChI=1S/C20H24Cl2N2O2/c21-17-6-7-20(19(22)12-17)26-15-18(25)14-24-10-8-23(9-11-24)13-16-4-2-1-3-5-16/h1-7,12,18,25H,8-11,13-15H2/p+2/t18-/m0/s1. The van der Waals surface area contributed by atoms with E-state index in [0.717, 1.165) is 32.7 Å². The van der Waals surface area contributed by atoms with Crippen LogP contribution in [0.3, 0.4) is 0 Å². The largest absolute Gasteiger partial charge is 0.489 e. The van der Waals surface area contributed by atoms with Crippen LogP contribution in [0.1, 0.15) is 5.56 Å². The van der Waals surface area contributed by atoms with Crippen LogP contribution < -0.4 is 14.5 Å². The predicted molar refractivity (Wildman–Crippen MR) is 104 cm³/mol. The minimum absolute atomic E-state index is 0.242. The molecule has 0 bridgehead atoms. The highest BCUT2D eigenvalue weighted by atomic mass is 35.5. The molecule has 1 aliphatic rings. The maximum Gasteiger partial charge on any atom is 0.138 e. The topological polar surface area (TPSA) is 38.3 Å². The molecular formula is C20H26Cl2N2O2+2. The normalized spacial score (nSPS) is 21.3. The predicted octanol–water partition coefficient (Wildman–Crippen LogP) is 0.717. The van der Waals surface area contributed by atoms with Crippen molar-refractivity contribution in [2.75, 3.05) is 39.3 Å². The van der Waals surface area contributed by atoms with Gasteiger partial charge in [-0.3, -0.25) is 0 Å². The Labute approximate surface area is 164 Å². The third kappa shape index (κ3) is 5.86. The quantitative estimate of drug-likeness (QED) is 0.644. The van der Waals surface area contributed by atoms with Crippen molar-refractivity contribution in [3.63, 3.8) is 0 Å². The second-order valence-corrected chi connectivity index (χ2v) is 7.75. The van der Waals surface area contributed by atoms with Crippen molar-refractivity contribution in [3.05, 3.63) is 64.1 Å². The van der Waals surface area contributed by atoms with Crippen LogP contribution in [0.25, 0.3) is 0 Å². The number of nitrogens with one attached hydrogen (secondary N) is 2. The van der Waals surface area contributed by atoms with Crippen LogP contribution in [-0.4, -0.2) is 50.5 Å². The molecule has 0 saturated carbocycles. The molecule has 2 aromatic carbocycles. The van der Waals surface area contributed by atoms with Crippen molar-refractivity contribution in [1.29, 1.82) is 0 Å². The van der Waals surface area contributed by atoms with Gasteiger partial charge >= 0.3 is 0 Å². The Morgan fingerprint density at radius 3 is 2.35 bits per heavy atom. The zero-order valence-corrected chi connectivity index (χ0v) is 16.3. The van der Waals surface area contributed by atoms with E-state index in [4.69, 9.17) is 27.9 Å². The number of aliphatic hydroxyl groups excluding tert-OH is 1. The molecule has 0 aromatic heterocycles. The monoisotopic (exact) mass is 396 g/mol. The number of hydrogen-bond acceptors (Lipinski definition) is 2. The molecule has 0 radical (unpaired) electrons. The number of piperazine rings is 1. The highest BCUT2D eigenvalue weighted by Gasteiger charge is 2.25. The molecule has 3 N–H and O–H groups in total. The lowest BCUT2D eigenvalue weighted by Gasteiger charge is -2.30. The Morgan fingerprint density at radius 1 is 0.962 bits per heavy atom. The molecule has 140 valence electrons. The minimum atomic E-state index is -0.507. The van der Waals surface area contributed by atoms with E-state index < -0.39 is 6.10 Å². The first-order valence-electron chi connectivity index (χ1n) is 9.07. The molecule has 4 nitrogen and oxygen atoms in total. The molecule has 1 atom stereocenters. The van der Waals surface area contributed by atoms with E-state index in [1.165, 1.54) is 10.5 Å². The number of rotatable bonds is 7. The van der Waals surface area contributed by atoms with Gasteiger partial charge < -0.3 is 19.6 Å². The summed E-state index contributed by atoms with van der Waals surface area (Å²) in [5.41, 5.74) is 1.39. The summed E-state index contributed by atoms with van der Waals surface area (Å²) in [6.07, 6.45) is -0.507. The Hall–Kier alpha value is -1.30. The van der Waals surface area contributed by atoms with Gasteiger partial charge in [0.25, 0.3) is 0 Å². The molecule has 6 heteroatoms. The molecular weight excluding hydrogens is 371 g/mol. The fourth-order valence-electron chi connectivity index (χ4n) is 3.39. The lowest BCUT2D eigenvalue weighted by Crippen LogP contribution is -3.28. The summed E-state index contributed by atoms with van der Waals surface area (Å²) < 4.78 is 5.64. The third-order valence-electron chi connectivity index (χ3n) is 4.81. The lowest BCUT2D eigenvalue weighted by atomic mass is 10.2. The van der Waals surface area contributed by atoms with E-state index in [9.17, 15) is 5.11 Å². The van der Waals surface area contributed by atoms with Crippen LogP contribution in [0.15, 0.2) is 48.5 Å². The van der Waals surface area contributed by atoms with Gasteiger partial charge in [0.1, 0.15) is 57.7 Å². The van der Waals surface area contributed by atoms with E-state index in [0.29, 0.717) is 22.3 Å². The maximum atomic E-state index is 10.3. The van der Waals surface area contributed by atoms with Gasteiger partial charge in [0.05, 0.1) is 5.02 Å². The smallest absolute Gasteiger partial charge is 0.138 e. The van der Waals surface area contributed by atoms with Gasteiger partial charge in [-0.2, -0.15) is 0 Å². The first-order valence-corrected chi connectivity index (χ1v) is 9.82. The Balaban J connectivity index is 1.38. The lowest BCUT2D eigenvalue weighted by molar-refractivity contribution is -1.02. The van der Waals surface area contributed by atoms with Gasteiger partial charge in [0.2, 0.25) is 0 Å². The van der Waals surface area contributed by atoms with E-state index >= 15 is 0 Å². The first kappa shape index (κ1) is 19.5. The van der Waals surface area contributed by atoms with Crippen LogP contribution in [0, 0.1) is 0 Å². The molecule has 0 spiro atoms. The van der Waals surface area contributed by atoms with Gasteiger partial charge in [-0.15, -0.1) is 0 Å². The molecule has 2 aromatic rings. The van der Waals surface area contributed by atoms with Crippen LogP contribution >= 0.6 is 23.2 Å². The average molecular weight is 397 g/mol. The molecule has 1 saturated heterocycles. The molecule has 1 heterocycles.